The highest BCUT2D eigenvalue weighted by atomic mass is 19.1. The molecule has 0 spiro atoms. The van der Waals surface area contributed by atoms with Gasteiger partial charge in [0.1, 0.15) is 11.9 Å². The number of phenolic OH excluding ortho intramolecular Hbond substituents is 1. The monoisotopic (exact) mass is 139 g/mol. The first kappa shape index (κ1) is 7.06. The molecule has 0 saturated heterocycles. The number of hydrogen-bond acceptors (Lipinski definition) is 1. The standard InChI is InChI=1S/C8H8FO/c1-6(9)7-3-2-4-8(10)5-7/h2-6,10H,1H2. The average molecular weight is 139 g/mol. The maximum Gasteiger partial charge on any atom is 0.125 e. The first-order valence-electron chi connectivity index (χ1n) is 2.96. The van der Waals surface area contributed by atoms with Crippen molar-refractivity contribution in [2.75, 3.05) is 0 Å². The van der Waals surface area contributed by atoms with Crippen LogP contribution in [0.5, 0.6) is 5.75 Å². The van der Waals surface area contributed by atoms with Gasteiger partial charge in [0.05, 0.1) is 0 Å². The quantitative estimate of drug-likeness (QED) is 0.632. The summed E-state index contributed by atoms with van der Waals surface area (Å²) in [5.41, 5.74) is 0.403. The number of rotatable bonds is 1. The molecule has 2 heteroatoms. The molecule has 0 bridgehead atoms. The molecule has 1 nitrogen and oxygen atoms in total. The van der Waals surface area contributed by atoms with E-state index in [1.165, 1.54) is 12.1 Å². The van der Waals surface area contributed by atoms with Crippen molar-refractivity contribution in [1.82, 2.24) is 0 Å². The van der Waals surface area contributed by atoms with E-state index in [0.29, 0.717) is 5.56 Å². The molecule has 0 aliphatic heterocycles. The fourth-order valence-electron chi connectivity index (χ4n) is 0.720. The van der Waals surface area contributed by atoms with E-state index in [-0.39, 0.29) is 5.75 Å². The SMILES string of the molecule is [CH2]C(F)c1cccc(O)c1. The smallest absolute Gasteiger partial charge is 0.125 e. The molecule has 1 unspecified atom stereocenters. The Labute approximate surface area is 59.1 Å². The molecule has 1 aromatic carbocycles. The van der Waals surface area contributed by atoms with E-state index >= 15 is 0 Å². The molecule has 1 atom stereocenters. The van der Waals surface area contributed by atoms with Crippen molar-refractivity contribution >= 4 is 0 Å². The molecule has 0 amide bonds. The predicted octanol–water partition coefficient (Wildman–Crippen LogP) is 2.24. The average Bonchev–Trinajstić information content (AvgIpc) is 1.88. The van der Waals surface area contributed by atoms with E-state index in [2.05, 4.69) is 6.92 Å². The van der Waals surface area contributed by atoms with Crippen molar-refractivity contribution in [3.63, 3.8) is 0 Å². The summed E-state index contributed by atoms with van der Waals surface area (Å²) in [5.74, 6) is 0.0730. The van der Waals surface area contributed by atoms with Gasteiger partial charge in [0.15, 0.2) is 0 Å². The van der Waals surface area contributed by atoms with Crippen LogP contribution in [0.1, 0.15) is 11.7 Å². The largest absolute Gasteiger partial charge is 0.508 e. The molecule has 53 valence electrons. The zero-order chi connectivity index (χ0) is 7.56. The second-order valence-electron chi connectivity index (χ2n) is 2.06. The van der Waals surface area contributed by atoms with E-state index < -0.39 is 6.17 Å². The lowest BCUT2D eigenvalue weighted by Gasteiger charge is -2.00. The predicted molar refractivity (Wildman–Crippen MR) is 37.3 cm³/mol. The molecule has 1 radical (unpaired) electrons. The van der Waals surface area contributed by atoms with Gasteiger partial charge in [0, 0.05) is 0 Å². The van der Waals surface area contributed by atoms with E-state index in [0.717, 1.165) is 0 Å². The molecule has 0 aliphatic carbocycles. The summed E-state index contributed by atoms with van der Waals surface area (Å²) in [5, 5.41) is 8.87. The van der Waals surface area contributed by atoms with Crippen LogP contribution in [0, 0.1) is 6.92 Å². The first-order chi connectivity index (χ1) is 4.70. The van der Waals surface area contributed by atoms with Crippen molar-refractivity contribution in [3.05, 3.63) is 36.8 Å². The van der Waals surface area contributed by atoms with Crippen LogP contribution in [0.15, 0.2) is 24.3 Å². The van der Waals surface area contributed by atoms with Gasteiger partial charge < -0.3 is 5.11 Å². The van der Waals surface area contributed by atoms with Gasteiger partial charge in [-0.05, 0) is 24.6 Å². The Kier molecular flexibility index (Phi) is 1.90. The third-order valence-corrected chi connectivity index (χ3v) is 1.23. The second-order valence-corrected chi connectivity index (χ2v) is 2.06. The topological polar surface area (TPSA) is 20.2 Å². The number of halogens is 1. The van der Waals surface area contributed by atoms with Crippen LogP contribution in [0.3, 0.4) is 0 Å². The van der Waals surface area contributed by atoms with Crippen LogP contribution in [-0.2, 0) is 0 Å². The van der Waals surface area contributed by atoms with Gasteiger partial charge in [-0.25, -0.2) is 4.39 Å². The number of hydrogen-bond donors (Lipinski definition) is 1. The van der Waals surface area contributed by atoms with E-state index in [9.17, 15) is 4.39 Å². The highest BCUT2D eigenvalue weighted by Crippen LogP contribution is 2.19. The summed E-state index contributed by atoms with van der Waals surface area (Å²) in [4.78, 5) is 0. The summed E-state index contributed by atoms with van der Waals surface area (Å²) in [6.07, 6.45) is -1.26. The molecule has 0 saturated carbocycles. The minimum absolute atomic E-state index is 0.0730. The summed E-state index contributed by atoms with van der Waals surface area (Å²) >= 11 is 0. The lowest BCUT2D eigenvalue weighted by atomic mass is 10.1. The highest BCUT2D eigenvalue weighted by Gasteiger charge is 2.01. The molecule has 1 N–H and O–H groups in total. The third-order valence-electron chi connectivity index (χ3n) is 1.23. The van der Waals surface area contributed by atoms with Gasteiger partial charge in [-0.2, -0.15) is 0 Å². The second kappa shape index (κ2) is 2.69. The zero-order valence-electron chi connectivity index (χ0n) is 5.42. The molecular formula is C8H8FO. The number of benzene rings is 1. The van der Waals surface area contributed by atoms with Crippen molar-refractivity contribution in [1.29, 1.82) is 0 Å². The van der Waals surface area contributed by atoms with Gasteiger partial charge in [-0.3, -0.25) is 0 Å². The molecular weight excluding hydrogens is 131 g/mol. The Balaban J connectivity index is 2.96. The number of alkyl halides is 1. The van der Waals surface area contributed by atoms with Gasteiger partial charge in [-0.1, -0.05) is 12.1 Å². The van der Waals surface area contributed by atoms with Gasteiger partial charge in [-0.15, -0.1) is 0 Å². The third kappa shape index (κ3) is 1.47. The Morgan fingerprint density at radius 3 is 2.60 bits per heavy atom. The minimum atomic E-state index is -1.26. The normalized spacial score (nSPS) is 13.0. The van der Waals surface area contributed by atoms with Crippen molar-refractivity contribution in [2.24, 2.45) is 0 Å². The summed E-state index contributed by atoms with van der Waals surface area (Å²) < 4.78 is 12.4. The lowest BCUT2D eigenvalue weighted by molar-refractivity contribution is 0.407. The number of phenols is 1. The fourth-order valence-corrected chi connectivity index (χ4v) is 0.720. The van der Waals surface area contributed by atoms with Gasteiger partial charge in [0.25, 0.3) is 0 Å². The van der Waals surface area contributed by atoms with Crippen molar-refractivity contribution in [2.45, 2.75) is 6.17 Å². The Bertz CT molecular complexity index is 220. The van der Waals surface area contributed by atoms with Crippen LogP contribution in [0.4, 0.5) is 4.39 Å². The van der Waals surface area contributed by atoms with Crippen LogP contribution < -0.4 is 0 Å². The van der Waals surface area contributed by atoms with Crippen molar-refractivity contribution in [3.8, 4) is 5.75 Å². The minimum Gasteiger partial charge on any atom is -0.508 e. The molecule has 0 heterocycles. The number of aromatic hydroxyl groups is 1. The first-order valence-corrected chi connectivity index (χ1v) is 2.96. The van der Waals surface area contributed by atoms with Crippen LogP contribution in [-0.4, -0.2) is 5.11 Å². The maximum atomic E-state index is 12.4. The highest BCUT2D eigenvalue weighted by molar-refractivity contribution is 5.28. The summed E-state index contributed by atoms with van der Waals surface area (Å²) in [6, 6.07) is 6.02. The maximum absolute atomic E-state index is 12.4. The molecule has 0 fully saturated rings. The Hall–Kier alpha value is -1.05. The van der Waals surface area contributed by atoms with E-state index in [1.807, 2.05) is 0 Å². The molecule has 1 rings (SSSR count). The Morgan fingerprint density at radius 1 is 1.50 bits per heavy atom. The molecule has 10 heavy (non-hydrogen) atoms. The van der Waals surface area contributed by atoms with E-state index in [4.69, 9.17) is 5.11 Å². The van der Waals surface area contributed by atoms with Crippen LogP contribution >= 0.6 is 0 Å². The Morgan fingerprint density at radius 2 is 2.20 bits per heavy atom. The van der Waals surface area contributed by atoms with Crippen LogP contribution in [0.2, 0.25) is 0 Å². The lowest BCUT2D eigenvalue weighted by Crippen LogP contribution is -1.83. The van der Waals surface area contributed by atoms with Gasteiger partial charge in [0.2, 0.25) is 0 Å². The zero-order valence-corrected chi connectivity index (χ0v) is 5.42. The van der Waals surface area contributed by atoms with Gasteiger partial charge >= 0.3 is 0 Å². The van der Waals surface area contributed by atoms with Crippen molar-refractivity contribution < 1.29 is 9.50 Å². The van der Waals surface area contributed by atoms with Crippen LogP contribution in [0.25, 0.3) is 0 Å². The van der Waals surface area contributed by atoms with E-state index in [1.54, 1.807) is 12.1 Å². The molecule has 1 aromatic rings. The summed E-state index contributed by atoms with van der Waals surface area (Å²) in [7, 11) is 0. The molecule has 0 aromatic heterocycles. The fraction of sp³-hybridized carbons (Fsp3) is 0.125. The molecule has 0 aliphatic rings. The summed E-state index contributed by atoms with van der Waals surface area (Å²) in [6.45, 7) is 3.17.